The highest BCUT2D eigenvalue weighted by molar-refractivity contribution is 6.63. The molecule has 0 aliphatic heterocycles. The third-order valence-corrected chi connectivity index (χ3v) is 4.20. The SMILES string of the molecule is Cl.NC1c2ccccc2-c2ccccc21.O=C(Cl)Cc1ccccc1. The van der Waals surface area contributed by atoms with Crippen LogP contribution in [-0.2, 0) is 11.2 Å². The Morgan fingerprint density at radius 2 is 1.24 bits per heavy atom. The van der Waals surface area contributed by atoms with Gasteiger partial charge in [0, 0.05) is 6.42 Å². The Morgan fingerprint density at radius 3 is 1.72 bits per heavy atom. The van der Waals surface area contributed by atoms with Crippen LogP contribution >= 0.6 is 24.0 Å². The van der Waals surface area contributed by atoms with Gasteiger partial charge in [-0.2, -0.15) is 0 Å². The van der Waals surface area contributed by atoms with Crippen LogP contribution in [0.3, 0.4) is 0 Å². The maximum Gasteiger partial charge on any atom is 0.226 e. The summed E-state index contributed by atoms with van der Waals surface area (Å²) in [6, 6.07) is 26.2. The molecule has 0 amide bonds. The molecule has 0 atom stereocenters. The summed E-state index contributed by atoms with van der Waals surface area (Å²) in [7, 11) is 0. The second kappa shape index (κ2) is 8.82. The molecule has 2 nitrogen and oxygen atoms in total. The number of carbonyl (C=O) groups excluding carboxylic acids is 1. The lowest BCUT2D eigenvalue weighted by Gasteiger charge is -2.04. The van der Waals surface area contributed by atoms with E-state index >= 15 is 0 Å². The summed E-state index contributed by atoms with van der Waals surface area (Å²) in [5, 5.41) is -0.314. The molecule has 0 radical (unpaired) electrons. The van der Waals surface area contributed by atoms with Crippen molar-refractivity contribution < 1.29 is 4.79 Å². The summed E-state index contributed by atoms with van der Waals surface area (Å²) in [6.07, 6.45) is 0.322. The maximum atomic E-state index is 10.4. The average Bonchev–Trinajstić information content (AvgIpc) is 2.90. The monoisotopic (exact) mass is 371 g/mol. The molecule has 1 aliphatic carbocycles. The van der Waals surface area contributed by atoms with Crippen molar-refractivity contribution in [2.45, 2.75) is 12.5 Å². The van der Waals surface area contributed by atoms with Crippen LogP contribution in [0.5, 0.6) is 0 Å². The van der Waals surface area contributed by atoms with Crippen LogP contribution in [0.4, 0.5) is 0 Å². The van der Waals surface area contributed by atoms with Crippen LogP contribution in [-0.4, -0.2) is 5.24 Å². The molecule has 0 heterocycles. The van der Waals surface area contributed by atoms with Gasteiger partial charge in [-0.15, -0.1) is 12.4 Å². The minimum Gasteiger partial charge on any atom is -0.320 e. The van der Waals surface area contributed by atoms with E-state index in [9.17, 15) is 4.79 Å². The minimum atomic E-state index is -0.314. The molecule has 3 aromatic rings. The molecule has 4 rings (SSSR count). The number of rotatable bonds is 2. The van der Waals surface area contributed by atoms with Gasteiger partial charge in [0.15, 0.2) is 0 Å². The number of carbonyl (C=O) groups is 1. The van der Waals surface area contributed by atoms with Crippen molar-refractivity contribution in [2.75, 3.05) is 0 Å². The molecular weight excluding hydrogens is 353 g/mol. The number of hydrogen-bond acceptors (Lipinski definition) is 2. The molecular formula is C21H19Cl2NO. The summed E-state index contributed by atoms with van der Waals surface area (Å²) >= 11 is 5.17. The van der Waals surface area contributed by atoms with E-state index in [4.69, 9.17) is 17.3 Å². The van der Waals surface area contributed by atoms with Gasteiger partial charge in [-0.3, -0.25) is 4.79 Å². The maximum absolute atomic E-state index is 10.4. The fourth-order valence-corrected chi connectivity index (χ4v) is 3.11. The summed E-state index contributed by atoms with van der Waals surface area (Å²) in [5.41, 5.74) is 12.2. The lowest BCUT2D eigenvalue weighted by Crippen LogP contribution is -2.07. The van der Waals surface area contributed by atoms with Crippen molar-refractivity contribution in [3.05, 3.63) is 95.6 Å². The molecule has 0 aromatic heterocycles. The van der Waals surface area contributed by atoms with Gasteiger partial charge in [0.1, 0.15) is 0 Å². The van der Waals surface area contributed by atoms with Crippen LogP contribution in [0.25, 0.3) is 11.1 Å². The Bertz CT molecular complexity index is 804. The first-order valence-corrected chi connectivity index (χ1v) is 8.20. The third kappa shape index (κ3) is 4.49. The first-order chi connectivity index (χ1) is 11.7. The van der Waals surface area contributed by atoms with E-state index in [1.165, 1.54) is 22.3 Å². The largest absolute Gasteiger partial charge is 0.320 e. The van der Waals surface area contributed by atoms with Crippen molar-refractivity contribution in [1.29, 1.82) is 0 Å². The fraction of sp³-hybridized carbons (Fsp3) is 0.0952. The molecule has 2 N–H and O–H groups in total. The quantitative estimate of drug-likeness (QED) is 0.634. The van der Waals surface area contributed by atoms with E-state index < -0.39 is 0 Å². The molecule has 0 fully saturated rings. The molecule has 1 aliphatic rings. The Kier molecular flexibility index (Phi) is 6.77. The van der Waals surface area contributed by atoms with E-state index in [0.29, 0.717) is 6.42 Å². The smallest absolute Gasteiger partial charge is 0.226 e. The fourth-order valence-electron chi connectivity index (χ4n) is 2.95. The number of hydrogen-bond donors (Lipinski definition) is 1. The average molecular weight is 372 g/mol. The zero-order valence-corrected chi connectivity index (χ0v) is 15.1. The van der Waals surface area contributed by atoms with Gasteiger partial charge in [0.25, 0.3) is 0 Å². The highest BCUT2D eigenvalue weighted by atomic mass is 35.5. The Morgan fingerprint density at radius 1 is 0.800 bits per heavy atom. The van der Waals surface area contributed by atoms with Crippen molar-refractivity contribution in [1.82, 2.24) is 0 Å². The zero-order valence-electron chi connectivity index (χ0n) is 13.6. The molecule has 0 unspecified atom stereocenters. The van der Waals surface area contributed by atoms with Crippen LogP contribution in [0, 0.1) is 0 Å². The normalized spacial score (nSPS) is 11.4. The predicted molar refractivity (Wildman–Crippen MR) is 106 cm³/mol. The first kappa shape index (κ1) is 19.2. The van der Waals surface area contributed by atoms with Crippen LogP contribution in [0.1, 0.15) is 22.7 Å². The van der Waals surface area contributed by atoms with Crippen LogP contribution in [0.15, 0.2) is 78.9 Å². The van der Waals surface area contributed by atoms with E-state index in [1.807, 2.05) is 42.5 Å². The second-order valence-corrected chi connectivity index (χ2v) is 6.09. The number of benzene rings is 3. The Labute approximate surface area is 159 Å². The van der Waals surface area contributed by atoms with Crippen LogP contribution in [0.2, 0.25) is 0 Å². The predicted octanol–water partition coefficient (Wildman–Crippen LogP) is 5.13. The summed E-state index contributed by atoms with van der Waals surface area (Å²) in [4.78, 5) is 10.4. The topological polar surface area (TPSA) is 43.1 Å². The summed E-state index contributed by atoms with van der Waals surface area (Å²) < 4.78 is 0. The number of fused-ring (bicyclic) bond motifs is 3. The zero-order chi connectivity index (χ0) is 16.9. The molecule has 25 heavy (non-hydrogen) atoms. The van der Waals surface area contributed by atoms with Crippen molar-refractivity contribution in [3.63, 3.8) is 0 Å². The van der Waals surface area contributed by atoms with E-state index in [0.717, 1.165) is 5.56 Å². The van der Waals surface area contributed by atoms with Gasteiger partial charge in [-0.05, 0) is 39.4 Å². The first-order valence-electron chi connectivity index (χ1n) is 7.83. The lowest BCUT2D eigenvalue weighted by molar-refractivity contribution is -0.111. The van der Waals surface area contributed by atoms with Gasteiger partial charge >= 0.3 is 0 Å². The van der Waals surface area contributed by atoms with E-state index in [1.54, 1.807) is 0 Å². The molecule has 3 aromatic carbocycles. The van der Waals surface area contributed by atoms with Gasteiger partial charge in [0.05, 0.1) is 6.04 Å². The molecule has 128 valence electrons. The Balaban J connectivity index is 0.000000184. The number of halogens is 2. The molecule has 0 spiro atoms. The van der Waals surface area contributed by atoms with Crippen molar-refractivity contribution in [2.24, 2.45) is 5.73 Å². The van der Waals surface area contributed by atoms with Gasteiger partial charge in [-0.25, -0.2) is 0 Å². The summed E-state index contributed by atoms with van der Waals surface area (Å²) in [6.45, 7) is 0. The van der Waals surface area contributed by atoms with Gasteiger partial charge in [-0.1, -0.05) is 78.9 Å². The number of nitrogens with two attached hydrogens (primary N) is 1. The lowest BCUT2D eigenvalue weighted by atomic mass is 10.1. The molecule has 0 bridgehead atoms. The molecule has 0 saturated carbocycles. The van der Waals surface area contributed by atoms with Crippen molar-refractivity contribution in [3.8, 4) is 11.1 Å². The highest BCUT2D eigenvalue weighted by Crippen LogP contribution is 2.41. The third-order valence-electron chi connectivity index (χ3n) is 4.07. The summed E-state index contributed by atoms with van der Waals surface area (Å²) in [5.74, 6) is 0. The standard InChI is InChI=1S/C13H11N.C8H7ClO.ClH/c14-13-11-7-3-1-5-9(11)10-6-2-4-8-12(10)13;9-8(10)6-7-4-2-1-3-5-7;/h1-8,13H,14H2;1-5H,6H2;1H. The van der Waals surface area contributed by atoms with Crippen molar-refractivity contribution >= 4 is 29.3 Å². The molecule has 0 saturated heterocycles. The van der Waals surface area contributed by atoms with Gasteiger partial charge < -0.3 is 5.73 Å². The van der Waals surface area contributed by atoms with E-state index in [-0.39, 0.29) is 23.7 Å². The van der Waals surface area contributed by atoms with Gasteiger partial charge in [0.2, 0.25) is 5.24 Å². The second-order valence-electron chi connectivity index (χ2n) is 5.67. The van der Waals surface area contributed by atoms with Crippen LogP contribution < -0.4 is 5.73 Å². The molecule has 4 heteroatoms. The minimum absolute atomic E-state index is 0. The highest BCUT2D eigenvalue weighted by Gasteiger charge is 2.24. The Hall–Kier alpha value is -2.13. The van der Waals surface area contributed by atoms with E-state index in [2.05, 4.69) is 36.4 Å².